The number of rotatable bonds is 7. The lowest BCUT2D eigenvalue weighted by atomic mass is 10.0. The van der Waals surface area contributed by atoms with Gasteiger partial charge in [0.1, 0.15) is 17.3 Å². The van der Waals surface area contributed by atoms with Gasteiger partial charge in [0.05, 0.1) is 5.92 Å². The minimum Gasteiger partial charge on any atom is -0.460 e. The molecule has 0 aliphatic heterocycles. The molecule has 3 aromatic rings. The third kappa shape index (κ3) is 4.78. The smallest absolute Gasteiger partial charge is 0.339 e. The number of carbonyl (C=O) groups is 1. The van der Waals surface area contributed by atoms with Gasteiger partial charge in [0.25, 0.3) is 0 Å². The molecule has 0 radical (unpaired) electrons. The highest BCUT2D eigenvalue weighted by atomic mass is 32.2. The van der Waals surface area contributed by atoms with Gasteiger partial charge in [-0.05, 0) is 30.7 Å². The van der Waals surface area contributed by atoms with Crippen molar-refractivity contribution in [2.24, 2.45) is 0 Å². The van der Waals surface area contributed by atoms with Gasteiger partial charge in [-0.2, -0.15) is 8.42 Å². The van der Waals surface area contributed by atoms with Gasteiger partial charge in [-0.15, -0.1) is 0 Å². The Hall–Kier alpha value is -3.12. The van der Waals surface area contributed by atoms with Crippen LogP contribution in [0.4, 0.5) is 0 Å². The molecule has 0 fully saturated rings. The lowest BCUT2D eigenvalue weighted by Crippen LogP contribution is -2.16. The highest BCUT2D eigenvalue weighted by Gasteiger charge is 2.24. The first-order valence-electron chi connectivity index (χ1n) is 8.76. The van der Waals surface area contributed by atoms with Gasteiger partial charge in [0, 0.05) is 5.56 Å². The Morgan fingerprint density at radius 3 is 2.11 bits per heavy atom. The Morgan fingerprint density at radius 1 is 0.857 bits per heavy atom. The standard InChI is InChI=1S/C22H20O5S/c1-17(22(23)26-16-18-10-4-2-5-11-18)20-14-8-9-15-21(20)27-28(24,25)19-12-6-3-7-13-19/h2-15,17H,16H2,1H3. The molecule has 3 rings (SSSR count). The number of benzene rings is 3. The van der Waals surface area contributed by atoms with Crippen molar-refractivity contribution in [3.05, 3.63) is 96.1 Å². The Labute approximate surface area is 164 Å². The summed E-state index contributed by atoms with van der Waals surface area (Å²) in [5.74, 6) is -1.04. The fourth-order valence-electron chi connectivity index (χ4n) is 2.65. The van der Waals surface area contributed by atoms with E-state index in [-0.39, 0.29) is 17.3 Å². The van der Waals surface area contributed by atoms with E-state index in [0.717, 1.165) is 5.56 Å². The summed E-state index contributed by atoms with van der Waals surface area (Å²) in [6.07, 6.45) is 0. The number of carbonyl (C=O) groups excluding carboxylic acids is 1. The van der Waals surface area contributed by atoms with E-state index in [1.165, 1.54) is 18.2 Å². The molecular weight excluding hydrogens is 376 g/mol. The van der Waals surface area contributed by atoms with E-state index in [1.54, 1.807) is 43.3 Å². The molecule has 0 bridgehead atoms. The zero-order valence-electron chi connectivity index (χ0n) is 15.3. The van der Waals surface area contributed by atoms with Crippen LogP contribution in [-0.4, -0.2) is 14.4 Å². The highest BCUT2D eigenvalue weighted by molar-refractivity contribution is 7.87. The quantitative estimate of drug-likeness (QED) is 0.440. The SMILES string of the molecule is CC(C(=O)OCc1ccccc1)c1ccccc1OS(=O)(=O)c1ccccc1. The maximum Gasteiger partial charge on any atom is 0.339 e. The largest absolute Gasteiger partial charge is 0.460 e. The predicted molar refractivity (Wildman–Crippen MR) is 105 cm³/mol. The predicted octanol–water partition coefficient (Wildman–Crippen LogP) is 4.30. The Balaban J connectivity index is 1.76. The van der Waals surface area contributed by atoms with Crippen LogP contribution in [0.5, 0.6) is 5.75 Å². The molecule has 0 aromatic heterocycles. The topological polar surface area (TPSA) is 69.7 Å². The second-order valence-corrected chi connectivity index (χ2v) is 7.75. The van der Waals surface area contributed by atoms with Crippen LogP contribution >= 0.6 is 0 Å². The minimum absolute atomic E-state index is 0.0455. The van der Waals surface area contributed by atoms with Crippen molar-refractivity contribution in [2.45, 2.75) is 24.3 Å². The van der Waals surface area contributed by atoms with Crippen molar-refractivity contribution in [3.63, 3.8) is 0 Å². The molecule has 144 valence electrons. The Kier molecular flexibility index (Phi) is 6.11. The van der Waals surface area contributed by atoms with E-state index in [4.69, 9.17) is 8.92 Å². The summed E-state index contributed by atoms with van der Waals surface area (Å²) >= 11 is 0. The first-order valence-corrected chi connectivity index (χ1v) is 10.2. The second-order valence-electron chi connectivity index (χ2n) is 6.20. The lowest BCUT2D eigenvalue weighted by molar-refractivity contribution is -0.146. The van der Waals surface area contributed by atoms with E-state index in [2.05, 4.69) is 0 Å². The molecule has 0 aliphatic rings. The lowest BCUT2D eigenvalue weighted by Gasteiger charge is -2.16. The summed E-state index contributed by atoms with van der Waals surface area (Å²) < 4.78 is 35.7. The second kappa shape index (κ2) is 8.71. The molecule has 28 heavy (non-hydrogen) atoms. The van der Waals surface area contributed by atoms with Gasteiger partial charge >= 0.3 is 16.1 Å². The van der Waals surface area contributed by atoms with Crippen molar-refractivity contribution in [1.29, 1.82) is 0 Å². The van der Waals surface area contributed by atoms with Crippen molar-refractivity contribution in [2.75, 3.05) is 0 Å². The number of esters is 1. The molecule has 1 atom stereocenters. The number of hydrogen-bond acceptors (Lipinski definition) is 5. The Morgan fingerprint density at radius 2 is 1.43 bits per heavy atom. The van der Waals surface area contributed by atoms with E-state index in [0.29, 0.717) is 5.56 Å². The van der Waals surface area contributed by atoms with Gasteiger partial charge in [0.15, 0.2) is 0 Å². The molecular formula is C22H20O5S. The van der Waals surface area contributed by atoms with E-state index in [9.17, 15) is 13.2 Å². The first-order chi connectivity index (χ1) is 13.5. The van der Waals surface area contributed by atoms with Crippen LogP contribution in [0.3, 0.4) is 0 Å². The van der Waals surface area contributed by atoms with Crippen LogP contribution in [0.15, 0.2) is 89.8 Å². The summed E-state index contributed by atoms with van der Waals surface area (Å²) in [6, 6.07) is 23.8. The minimum atomic E-state index is -4.00. The number of para-hydroxylation sites is 1. The van der Waals surface area contributed by atoms with Crippen molar-refractivity contribution in [3.8, 4) is 5.75 Å². The Bertz CT molecular complexity index is 1030. The molecule has 0 aliphatic carbocycles. The molecule has 3 aromatic carbocycles. The molecule has 0 heterocycles. The third-order valence-electron chi connectivity index (χ3n) is 4.19. The molecule has 0 saturated heterocycles. The summed E-state index contributed by atoms with van der Waals surface area (Å²) in [7, 11) is -4.00. The van der Waals surface area contributed by atoms with Crippen LogP contribution in [0, 0.1) is 0 Å². The molecule has 5 nitrogen and oxygen atoms in total. The van der Waals surface area contributed by atoms with Crippen LogP contribution in [0.25, 0.3) is 0 Å². The van der Waals surface area contributed by atoms with Gasteiger partial charge in [-0.1, -0.05) is 66.7 Å². The maximum atomic E-state index is 12.5. The van der Waals surface area contributed by atoms with Crippen LogP contribution in [0.1, 0.15) is 24.0 Å². The molecule has 0 spiro atoms. The molecule has 0 N–H and O–H groups in total. The summed E-state index contributed by atoms with van der Waals surface area (Å²) in [5, 5.41) is 0. The van der Waals surface area contributed by atoms with Crippen molar-refractivity contribution >= 4 is 16.1 Å². The van der Waals surface area contributed by atoms with Gasteiger partial charge in [-0.3, -0.25) is 4.79 Å². The van der Waals surface area contributed by atoms with E-state index in [1.807, 2.05) is 30.3 Å². The van der Waals surface area contributed by atoms with Gasteiger partial charge in [0.2, 0.25) is 0 Å². The summed E-state index contributed by atoms with van der Waals surface area (Å²) in [4.78, 5) is 12.5. The van der Waals surface area contributed by atoms with Crippen LogP contribution < -0.4 is 4.18 Å². The molecule has 6 heteroatoms. The van der Waals surface area contributed by atoms with Gasteiger partial charge < -0.3 is 8.92 Å². The summed E-state index contributed by atoms with van der Waals surface area (Å²) in [5.41, 5.74) is 1.32. The van der Waals surface area contributed by atoms with Crippen molar-refractivity contribution < 1.29 is 22.1 Å². The number of ether oxygens (including phenoxy) is 1. The normalized spacial score (nSPS) is 12.2. The third-order valence-corrected chi connectivity index (χ3v) is 5.44. The van der Waals surface area contributed by atoms with Gasteiger partial charge in [-0.25, -0.2) is 0 Å². The molecule has 0 amide bonds. The molecule has 1 unspecified atom stereocenters. The average molecular weight is 396 g/mol. The fourth-order valence-corrected chi connectivity index (χ4v) is 3.62. The number of hydrogen-bond donors (Lipinski definition) is 0. The maximum absolute atomic E-state index is 12.5. The van der Waals surface area contributed by atoms with Crippen molar-refractivity contribution in [1.82, 2.24) is 0 Å². The monoisotopic (exact) mass is 396 g/mol. The highest BCUT2D eigenvalue weighted by Crippen LogP contribution is 2.30. The van der Waals surface area contributed by atoms with E-state index < -0.39 is 22.0 Å². The zero-order valence-corrected chi connectivity index (χ0v) is 16.1. The first kappa shape index (κ1) is 19.6. The summed E-state index contributed by atoms with van der Waals surface area (Å²) in [6.45, 7) is 1.81. The fraction of sp³-hybridized carbons (Fsp3) is 0.136. The van der Waals surface area contributed by atoms with E-state index >= 15 is 0 Å². The zero-order chi connectivity index (χ0) is 20.0. The molecule has 0 saturated carbocycles. The van der Waals surface area contributed by atoms with Crippen LogP contribution in [0.2, 0.25) is 0 Å². The average Bonchev–Trinajstić information content (AvgIpc) is 2.73. The van der Waals surface area contributed by atoms with Crippen LogP contribution in [-0.2, 0) is 26.3 Å².